The quantitative estimate of drug-likeness (QED) is 0.628. The van der Waals surface area contributed by atoms with Crippen LogP contribution in [0.2, 0.25) is 0 Å². The van der Waals surface area contributed by atoms with Gasteiger partial charge in [0.25, 0.3) is 0 Å². The monoisotopic (exact) mass is 196 g/mol. The Labute approximate surface area is 91.3 Å². The van der Waals surface area contributed by atoms with Crippen molar-refractivity contribution in [3.8, 4) is 0 Å². The van der Waals surface area contributed by atoms with E-state index in [0.29, 0.717) is 5.92 Å². The average Bonchev–Trinajstić information content (AvgIpc) is 2.63. The number of fused-ring (bicyclic) bond motifs is 2. The number of hydrogen-bond donors (Lipinski definition) is 0. The summed E-state index contributed by atoms with van der Waals surface area (Å²) in [6.45, 7) is 2.30. The molecule has 1 atom stereocenters. The lowest BCUT2D eigenvalue weighted by Gasteiger charge is -2.15. The highest BCUT2D eigenvalue weighted by molar-refractivity contribution is 5.85. The summed E-state index contributed by atoms with van der Waals surface area (Å²) in [6.07, 6.45) is 8.37. The van der Waals surface area contributed by atoms with Crippen LogP contribution < -0.4 is 0 Å². The van der Waals surface area contributed by atoms with Crippen LogP contribution in [0.3, 0.4) is 0 Å². The van der Waals surface area contributed by atoms with E-state index in [4.69, 9.17) is 0 Å². The smallest absolute Gasteiger partial charge is 0.00610 e. The topological polar surface area (TPSA) is 0 Å². The van der Waals surface area contributed by atoms with Crippen molar-refractivity contribution < 1.29 is 0 Å². The van der Waals surface area contributed by atoms with Crippen LogP contribution in [-0.4, -0.2) is 0 Å². The first-order chi connectivity index (χ1) is 7.42. The minimum Gasteiger partial charge on any atom is -0.0836 e. The molecule has 0 aromatic heterocycles. The zero-order valence-electron chi connectivity index (χ0n) is 9.16. The van der Waals surface area contributed by atoms with Gasteiger partial charge in [0.05, 0.1) is 0 Å². The second-order valence-electron chi connectivity index (χ2n) is 4.43. The molecule has 76 valence electrons. The van der Waals surface area contributed by atoms with E-state index < -0.39 is 0 Å². The highest BCUT2D eigenvalue weighted by Gasteiger charge is 2.28. The van der Waals surface area contributed by atoms with Gasteiger partial charge in [-0.25, -0.2) is 0 Å². The van der Waals surface area contributed by atoms with Crippen molar-refractivity contribution in [2.75, 3.05) is 0 Å². The Morgan fingerprint density at radius 2 is 2.13 bits per heavy atom. The average molecular weight is 196 g/mol. The molecule has 1 aromatic carbocycles. The molecule has 0 N–H and O–H groups in total. The number of benzene rings is 1. The fraction of sp³-hybridized carbons (Fsp3) is 0.333. The summed E-state index contributed by atoms with van der Waals surface area (Å²) in [7, 11) is 0. The molecule has 0 saturated carbocycles. The summed E-state index contributed by atoms with van der Waals surface area (Å²) in [6, 6.07) is 8.90. The molecule has 2 aliphatic rings. The molecule has 1 unspecified atom stereocenters. The Bertz CT molecular complexity index is 449. The van der Waals surface area contributed by atoms with Crippen molar-refractivity contribution in [1.29, 1.82) is 0 Å². The molecule has 0 radical (unpaired) electrons. The van der Waals surface area contributed by atoms with Crippen molar-refractivity contribution in [1.82, 2.24) is 0 Å². The third kappa shape index (κ3) is 1.21. The largest absolute Gasteiger partial charge is 0.0836 e. The third-order valence-electron chi connectivity index (χ3n) is 3.67. The molecule has 0 spiro atoms. The van der Waals surface area contributed by atoms with Crippen LogP contribution in [0.1, 0.15) is 43.2 Å². The standard InChI is InChI=1S/C15H16/c1-2-11-12-7-3-5-9-14(12)15-10-6-4-8-13(11)15/h3,5-7,9-11H,2,4,8H2,1H3. The van der Waals surface area contributed by atoms with Gasteiger partial charge in [-0.05, 0) is 36.0 Å². The van der Waals surface area contributed by atoms with E-state index in [1.165, 1.54) is 30.4 Å². The Morgan fingerprint density at radius 3 is 3.00 bits per heavy atom. The molecule has 3 rings (SSSR count). The molecule has 0 heterocycles. The molecule has 0 aliphatic heterocycles. The normalized spacial score (nSPS) is 22.9. The summed E-state index contributed by atoms with van der Waals surface area (Å²) < 4.78 is 0. The maximum atomic E-state index is 2.33. The second kappa shape index (κ2) is 3.37. The van der Waals surface area contributed by atoms with Crippen LogP contribution in [0, 0.1) is 0 Å². The van der Waals surface area contributed by atoms with E-state index in [1.54, 1.807) is 11.1 Å². The summed E-state index contributed by atoms with van der Waals surface area (Å²) in [5.41, 5.74) is 6.23. The summed E-state index contributed by atoms with van der Waals surface area (Å²) in [5.74, 6) is 0.696. The van der Waals surface area contributed by atoms with Crippen molar-refractivity contribution in [3.05, 3.63) is 53.1 Å². The summed E-state index contributed by atoms with van der Waals surface area (Å²) in [5, 5.41) is 0. The predicted molar refractivity (Wildman–Crippen MR) is 64.8 cm³/mol. The number of allylic oxidation sites excluding steroid dienone is 4. The predicted octanol–water partition coefficient (Wildman–Crippen LogP) is 4.30. The molecule has 0 bridgehead atoms. The van der Waals surface area contributed by atoms with Gasteiger partial charge in [-0.3, -0.25) is 0 Å². The van der Waals surface area contributed by atoms with Gasteiger partial charge in [-0.2, -0.15) is 0 Å². The van der Waals surface area contributed by atoms with Gasteiger partial charge in [0, 0.05) is 5.92 Å². The van der Waals surface area contributed by atoms with E-state index in [2.05, 4.69) is 43.3 Å². The van der Waals surface area contributed by atoms with Crippen LogP contribution >= 0.6 is 0 Å². The van der Waals surface area contributed by atoms with E-state index in [-0.39, 0.29) is 0 Å². The molecule has 0 saturated heterocycles. The van der Waals surface area contributed by atoms with Crippen LogP contribution in [0.4, 0.5) is 0 Å². The van der Waals surface area contributed by atoms with E-state index >= 15 is 0 Å². The van der Waals surface area contributed by atoms with E-state index in [9.17, 15) is 0 Å². The maximum absolute atomic E-state index is 2.33. The molecule has 0 fully saturated rings. The van der Waals surface area contributed by atoms with Crippen LogP contribution in [0.15, 0.2) is 42.0 Å². The van der Waals surface area contributed by atoms with Crippen molar-refractivity contribution in [2.45, 2.75) is 32.1 Å². The minimum absolute atomic E-state index is 0.696. The first-order valence-corrected chi connectivity index (χ1v) is 5.90. The molecule has 0 nitrogen and oxygen atoms in total. The minimum atomic E-state index is 0.696. The van der Waals surface area contributed by atoms with Crippen LogP contribution in [-0.2, 0) is 0 Å². The first kappa shape index (κ1) is 8.96. The molecule has 0 amide bonds. The molecule has 1 aromatic rings. The van der Waals surface area contributed by atoms with Crippen molar-refractivity contribution >= 4 is 5.57 Å². The van der Waals surface area contributed by atoms with Gasteiger partial charge in [-0.15, -0.1) is 0 Å². The fourth-order valence-corrected chi connectivity index (χ4v) is 3.01. The third-order valence-corrected chi connectivity index (χ3v) is 3.67. The van der Waals surface area contributed by atoms with E-state index in [0.717, 1.165) is 0 Å². The van der Waals surface area contributed by atoms with Crippen LogP contribution in [0.5, 0.6) is 0 Å². The lowest BCUT2D eigenvalue weighted by molar-refractivity contribution is 0.730. The van der Waals surface area contributed by atoms with Gasteiger partial charge in [0.2, 0.25) is 0 Å². The molecular weight excluding hydrogens is 180 g/mol. The lowest BCUT2D eigenvalue weighted by atomic mass is 9.89. The fourth-order valence-electron chi connectivity index (χ4n) is 3.01. The first-order valence-electron chi connectivity index (χ1n) is 5.90. The SMILES string of the molecule is CCC1C2=C(C=CCC2)c2ccccc21. The Balaban J connectivity index is 2.20. The van der Waals surface area contributed by atoms with Gasteiger partial charge < -0.3 is 0 Å². The zero-order valence-corrected chi connectivity index (χ0v) is 9.16. The van der Waals surface area contributed by atoms with Gasteiger partial charge in [0.15, 0.2) is 0 Å². The molecule has 0 heteroatoms. The Kier molecular flexibility index (Phi) is 2.02. The Morgan fingerprint density at radius 1 is 1.27 bits per heavy atom. The Hall–Kier alpha value is -1.30. The second-order valence-corrected chi connectivity index (χ2v) is 4.43. The zero-order chi connectivity index (χ0) is 10.3. The highest BCUT2D eigenvalue weighted by Crippen LogP contribution is 2.47. The van der Waals surface area contributed by atoms with Gasteiger partial charge >= 0.3 is 0 Å². The maximum Gasteiger partial charge on any atom is 0.00610 e. The number of hydrogen-bond acceptors (Lipinski definition) is 0. The van der Waals surface area contributed by atoms with Crippen molar-refractivity contribution in [3.63, 3.8) is 0 Å². The molecule has 2 aliphatic carbocycles. The highest BCUT2D eigenvalue weighted by atomic mass is 14.3. The van der Waals surface area contributed by atoms with Gasteiger partial charge in [0.1, 0.15) is 0 Å². The summed E-state index contributed by atoms with van der Waals surface area (Å²) in [4.78, 5) is 0. The molecule has 15 heavy (non-hydrogen) atoms. The van der Waals surface area contributed by atoms with E-state index in [1.807, 2.05) is 0 Å². The number of rotatable bonds is 1. The molecular formula is C15H16. The lowest BCUT2D eigenvalue weighted by Crippen LogP contribution is -1.98. The summed E-state index contributed by atoms with van der Waals surface area (Å²) >= 11 is 0. The van der Waals surface area contributed by atoms with Crippen LogP contribution in [0.25, 0.3) is 5.57 Å². The van der Waals surface area contributed by atoms with Crippen molar-refractivity contribution in [2.24, 2.45) is 0 Å². The van der Waals surface area contributed by atoms with Gasteiger partial charge in [-0.1, -0.05) is 48.9 Å².